The first-order chi connectivity index (χ1) is 20.7. The number of ether oxygens (including phenoxy) is 1. The first kappa shape index (κ1) is 31.5. The molecule has 234 valence electrons. The number of nitrogens with zero attached hydrogens (tertiary/aromatic N) is 1. The van der Waals surface area contributed by atoms with Crippen molar-refractivity contribution in [2.75, 3.05) is 27.7 Å². The quantitative estimate of drug-likeness (QED) is 0.317. The topological polar surface area (TPSA) is 176 Å². The van der Waals surface area contributed by atoms with Crippen LogP contribution in [0.4, 0.5) is 0 Å². The van der Waals surface area contributed by atoms with Gasteiger partial charge in [-0.05, 0) is 44.5 Å². The van der Waals surface area contributed by atoms with E-state index in [1.807, 2.05) is 18.2 Å². The van der Waals surface area contributed by atoms with Crippen molar-refractivity contribution in [1.82, 2.24) is 10.2 Å². The molecule has 0 bridgehead atoms. The number of nitrogens with one attached hydrogen (secondary N) is 1. The standard InChI is InChI=1S/C33H39N3O8/c1-32(2,18-9-7-6-8-10-18)15-35-14-17-13-21(37)23-19(28(17)44-5)11-16-12-20-25(36(3)4)27(39)24(31(34)42)30(41)33(20,43)29(40)22(16)26(23)38/h6-10,13,16,20,22,24-25,35,37,43H,11-12,14-15H2,1-5H3,(H2,34,42)/t16-,20-,22?,24?,25-,33-/m0/s1. The van der Waals surface area contributed by atoms with Crippen molar-refractivity contribution in [1.29, 1.82) is 0 Å². The van der Waals surface area contributed by atoms with Gasteiger partial charge < -0.3 is 26.0 Å². The molecular weight excluding hydrogens is 566 g/mol. The second kappa shape index (κ2) is 11.2. The molecule has 11 nitrogen and oxygen atoms in total. The number of benzene rings is 2. The fraction of sp³-hybridized carbons (Fsp3) is 0.485. The van der Waals surface area contributed by atoms with Gasteiger partial charge in [0.05, 0.1) is 24.6 Å². The maximum atomic E-state index is 14.0. The Balaban J connectivity index is 1.50. The average Bonchev–Trinajstić information content (AvgIpc) is 2.95. The van der Waals surface area contributed by atoms with Crippen molar-refractivity contribution >= 4 is 29.0 Å². The van der Waals surface area contributed by atoms with Crippen LogP contribution in [-0.4, -0.2) is 83.5 Å². The maximum Gasteiger partial charge on any atom is 0.235 e. The lowest BCUT2D eigenvalue weighted by atomic mass is 9.52. The number of phenols is 1. The number of carbonyl (C=O) groups excluding carboxylic acids is 5. The van der Waals surface area contributed by atoms with Crippen molar-refractivity contribution in [3.63, 3.8) is 0 Å². The van der Waals surface area contributed by atoms with E-state index in [9.17, 15) is 34.2 Å². The van der Waals surface area contributed by atoms with Gasteiger partial charge in [-0.3, -0.25) is 28.9 Å². The highest BCUT2D eigenvalue weighted by atomic mass is 16.5. The number of carbonyl (C=O) groups is 5. The third-order valence-electron chi connectivity index (χ3n) is 9.73. The summed E-state index contributed by atoms with van der Waals surface area (Å²) in [5, 5.41) is 26.2. The zero-order chi connectivity index (χ0) is 32.3. The number of fused-ring (bicyclic) bond motifs is 3. The molecule has 2 unspecified atom stereocenters. The minimum absolute atomic E-state index is 0.0262. The van der Waals surface area contributed by atoms with Crippen molar-refractivity contribution in [3.05, 3.63) is 58.7 Å². The van der Waals surface area contributed by atoms with Crippen LogP contribution in [0.25, 0.3) is 0 Å². The fourth-order valence-electron chi connectivity index (χ4n) is 7.60. The number of hydrogen-bond acceptors (Lipinski definition) is 10. The van der Waals surface area contributed by atoms with E-state index in [4.69, 9.17) is 10.5 Å². The molecule has 2 aromatic rings. The average molecular weight is 606 g/mol. The number of ketones is 4. The number of amides is 1. The van der Waals surface area contributed by atoms with Crippen molar-refractivity contribution in [2.24, 2.45) is 29.4 Å². The van der Waals surface area contributed by atoms with Gasteiger partial charge in [-0.1, -0.05) is 44.2 Å². The van der Waals surface area contributed by atoms with Gasteiger partial charge >= 0.3 is 0 Å². The number of nitrogens with two attached hydrogens (primary N) is 1. The first-order valence-electron chi connectivity index (χ1n) is 14.7. The molecule has 6 atom stereocenters. The number of aromatic hydroxyl groups is 1. The Morgan fingerprint density at radius 3 is 2.39 bits per heavy atom. The number of aliphatic hydroxyl groups is 1. The molecule has 2 aromatic carbocycles. The van der Waals surface area contributed by atoms with Gasteiger partial charge in [0.25, 0.3) is 0 Å². The predicted molar refractivity (Wildman–Crippen MR) is 159 cm³/mol. The van der Waals surface area contributed by atoms with Crippen LogP contribution >= 0.6 is 0 Å². The van der Waals surface area contributed by atoms with Gasteiger partial charge in [-0.2, -0.15) is 0 Å². The summed E-state index contributed by atoms with van der Waals surface area (Å²) in [6.45, 7) is 5.16. The highest BCUT2D eigenvalue weighted by molar-refractivity contribution is 6.32. The molecule has 44 heavy (non-hydrogen) atoms. The number of Topliss-reactive ketones (excluding diaryl/α,β-unsaturated/α-hetero) is 4. The summed E-state index contributed by atoms with van der Waals surface area (Å²) in [6, 6.07) is 10.3. The van der Waals surface area contributed by atoms with E-state index in [0.717, 1.165) is 5.56 Å². The maximum absolute atomic E-state index is 14.0. The number of hydrogen-bond donors (Lipinski definition) is 4. The van der Waals surface area contributed by atoms with Gasteiger partial charge in [0, 0.05) is 35.5 Å². The molecular formula is C33H39N3O8. The zero-order valence-corrected chi connectivity index (χ0v) is 25.5. The molecule has 5 N–H and O–H groups in total. The molecule has 0 spiro atoms. The summed E-state index contributed by atoms with van der Waals surface area (Å²) in [4.78, 5) is 68.2. The van der Waals surface area contributed by atoms with Gasteiger partial charge in [0.1, 0.15) is 11.5 Å². The molecule has 0 aliphatic heterocycles. The lowest BCUT2D eigenvalue weighted by Gasteiger charge is -2.52. The minimum atomic E-state index is -2.76. The molecule has 0 heterocycles. The van der Waals surface area contributed by atoms with Crippen LogP contribution in [0, 0.1) is 23.7 Å². The SMILES string of the molecule is COc1c(CNCC(C)(C)c2ccccc2)cc(O)c2c1C[C@H]1C[C@H]3[C@H](N(C)C)C(=O)C(C(N)=O)C(=O)[C@@]3(O)C(=O)C1C2=O. The molecule has 3 aliphatic carbocycles. The first-order valence-corrected chi connectivity index (χ1v) is 14.7. The monoisotopic (exact) mass is 605 g/mol. The second-order valence-corrected chi connectivity index (χ2v) is 13.1. The summed E-state index contributed by atoms with van der Waals surface area (Å²) in [5.41, 5.74) is 4.53. The van der Waals surface area contributed by atoms with Crippen molar-refractivity contribution < 1.29 is 38.9 Å². The van der Waals surface area contributed by atoms with Crippen LogP contribution in [0.5, 0.6) is 11.5 Å². The van der Waals surface area contributed by atoms with Crippen LogP contribution in [0.3, 0.4) is 0 Å². The highest BCUT2D eigenvalue weighted by Crippen LogP contribution is 2.52. The normalized spacial score (nSPS) is 28.4. The lowest BCUT2D eigenvalue weighted by molar-refractivity contribution is -0.181. The molecule has 5 rings (SSSR count). The Labute approximate surface area is 255 Å². The van der Waals surface area contributed by atoms with Gasteiger partial charge in [-0.25, -0.2) is 0 Å². The number of phenolic OH excluding ortho intramolecular Hbond substituents is 1. The number of likely N-dealkylation sites (N-methyl/N-ethyl adjacent to an activating group) is 1. The van der Waals surface area contributed by atoms with E-state index in [1.165, 1.54) is 18.1 Å². The van der Waals surface area contributed by atoms with E-state index < -0.39 is 64.4 Å². The molecule has 11 heteroatoms. The summed E-state index contributed by atoms with van der Waals surface area (Å²) in [5.74, 6) is -10.4. The van der Waals surface area contributed by atoms with Gasteiger partial charge in [0.15, 0.2) is 34.7 Å². The van der Waals surface area contributed by atoms with E-state index in [2.05, 4.69) is 31.3 Å². The van der Waals surface area contributed by atoms with E-state index in [1.54, 1.807) is 14.1 Å². The Morgan fingerprint density at radius 1 is 1.14 bits per heavy atom. The molecule has 1 amide bonds. The Hall–Kier alpha value is -3.93. The predicted octanol–water partition coefficient (Wildman–Crippen LogP) is 0.943. The summed E-state index contributed by atoms with van der Waals surface area (Å²) >= 11 is 0. The number of methoxy groups -OCH3 is 1. The zero-order valence-electron chi connectivity index (χ0n) is 25.5. The summed E-state index contributed by atoms with van der Waals surface area (Å²) < 4.78 is 5.78. The molecule has 0 saturated heterocycles. The Morgan fingerprint density at radius 2 is 1.80 bits per heavy atom. The third-order valence-corrected chi connectivity index (χ3v) is 9.73. The third kappa shape index (κ3) is 4.74. The second-order valence-electron chi connectivity index (χ2n) is 13.1. The molecule has 0 aromatic heterocycles. The minimum Gasteiger partial charge on any atom is -0.507 e. The summed E-state index contributed by atoms with van der Waals surface area (Å²) in [7, 11) is 4.57. The van der Waals surface area contributed by atoms with Crippen LogP contribution in [0.1, 0.15) is 47.3 Å². The van der Waals surface area contributed by atoms with Crippen LogP contribution in [0.2, 0.25) is 0 Å². The van der Waals surface area contributed by atoms with Crippen molar-refractivity contribution in [2.45, 2.75) is 50.3 Å². The largest absolute Gasteiger partial charge is 0.507 e. The lowest BCUT2D eigenvalue weighted by Crippen LogP contribution is -2.74. The van der Waals surface area contributed by atoms with Crippen LogP contribution < -0.4 is 15.8 Å². The van der Waals surface area contributed by atoms with Crippen LogP contribution in [0.15, 0.2) is 36.4 Å². The number of primary amides is 1. The van der Waals surface area contributed by atoms with E-state index in [-0.39, 0.29) is 29.6 Å². The summed E-state index contributed by atoms with van der Waals surface area (Å²) in [6.07, 6.45) is 0.105. The van der Waals surface area contributed by atoms with Gasteiger partial charge in [0.2, 0.25) is 5.91 Å². The molecule has 0 radical (unpaired) electrons. The van der Waals surface area contributed by atoms with Crippen LogP contribution in [-0.2, 0) is 37.6 Å². The Kier molecular flexibility index (Phi) is 8.02. The van der Waals surface area contributed by atoms with E-state index in [0.29, 0.717) is 30.0 Å². The number of rotatable bonds is 8. The van der Waals surface area contributed by atoms with Gasteiger partial charge in [-0.15, -0.1) is 0 Å². The molecule has 2 saturated carbocycles. The highest BCUT2D eigenvalue weighted by Gasteiger charge is 2.69. The fourth-order valence-corrected chi connectivity index (χ4v) is 7.60. The van der Waals surface area contributed by atoms with E-state index >= 15 is 0 Å². The molecule has 3 aliphatic rings. The smallest absolute Gasteiger partial charge is 0.235 e. The Bertz CT molecular complexity index is 1550. The van der Waals surface area contributed by atoms with Crippen molar-refractivity contribution in [3.8, 4) is 11.5 Å². The molecule has 2 fully saturated rings.